The molecule has 0 radical (unpaired) electrons. The number of fused-ring (bicyclic) bond motifs is 4. The lowest BCUT2D eigenvalue weighted by molar-refractivity contribution is -0.0643. The lowest BCUT2D eigenvalue weighted by Gasteiger charge is -2.57. The quantitative estimate of drug-likeness (QED) is 0.824. The summed E-state index contributed by atoms with van der Waals surface area (Å²) in [6.07, 6.45) is 5.92. The number of aromatic amines is 1. The van der Waals surface area contributed by atoms with Gasteiger partial charge in [0, 0.05) is 31.2 Å². The Morgan fingerprint density at radius 1 is 1.13 bits per heavy atom. The third-order valence-corrected chi connectivity index (χ3v) is 7.49. The molecule has 2 bridgehead atoms. The SMILES string of the molecule is COc1cccc(C[C@H]2[C@H]3C[C@H](CN(C(=O)c4cccc(=O)[nH]4)C3)[C@@H]3CCCCN32)c1. The maximum absolute atomic E-state index is 13.2. The summed E-state index contributed by atoms with van der Waals surface area (Å²) in [5.74, 6) is 1.81. The molecule has 6 heteroatoms. The van der Waals surface area contributed by atoms with Crippen molar-refractivity contribution in [1.29, 1.82) is 0 Å². The van der Waals surface area contributed by atoms with Gasteiger partial charge in [-0.25, -0.2) is 0 Å². The highest BCUT2D eigenvalue weighted by Crippen LogP contribution is 2.42. The van der Waals surface area contributed by atoms with Crippen LogP contribution in [-0.2, 0) is 6.42 Å². The Kier molecular flexibility index (Phi) is 5.57. The smallest absolute Gasteiger partial charge is 0.270 e. The van der Waals surface area contributed by atoms with Gasteiger partial charge in [-0.15, -0.1) is 0 Å². The first-order chi connectivity index (χ1) is 15.1. The molecule has 3 saturated heterocycles. The van der Waals surface area contributed by atoms with Crippen molar-refractivity contribution in [2.75, 3.05) is 26.7 Å². The van der Waals surface area contributed by atoms with Crippen LogP contribution < -0.4 is 10.3 Å². The number of piperidine rings is 3. The van der Waals surface area contributed by atoms with Crippen molar-refractivity contribution < 1.29 is 9.53 Å². The molecule has 3 aliphatic heterocycles. The molecular weight excluding hydrogens is 390 g/mol. The number of hydrogen-bond donors (Lipinski definition) is 1. The molecule has 31 heavy (non-hydrogen) atoms. The lowest BCUT2D eigenvalue weighted by atomic mass is 9.71. The zero-order chi connectivity index (χ0) is 21.4. The second-order valence-corrected chi connectivity index (χ2v) is 9.32. The molecule has 5 rings (SSSR count). The third-order valence-electron chi connectivity index (χ3n) is 7.49. The molecule has 1 aromatic carbocycles. The van der Waals surface area contributed by atoms with Crippen LogP contribution >= 0.6 is 0 Å². The molecule has 0 unspecified atom stereocenters. The number of H-pyrrole nitrogens is 1. The molecule has 4 atom stereocenters. The summed E-state index contributed by atoms with van der Waals surface area (Å²) in [5, 5.41) is 0. The summed E-state index contributed by atoms with van der Waals surface area (Å²) in [6.45, 7) is 2.70. The molecule has 164 valence electrons. The van der Waals surface area contributed by atoms with Gasteiger partial charge in [-0.2, -0.15) is 0 Å². The molecule has 0 saturated carbocycles. The first-order valence-electron chi connectivity index (χ1n) is 11.5. The predicted octanol–water partition coefficient (Wildman–Crippen LogP) is 2.94. The third kappa shape index (κ3) is 4.01. The number of aromatic nitrogens is 1. The fraction of sp³-hybridized carbons (Fsp3) is 0.520. The number of hydrogen-bond acceptors (Lipinski definition) is 4. The summed E-state index contributed by atoms with van der Waals surface area (Å²) in [6, 6.07) is 14.2. The van der Waals surface area contributed by atoms with Crippen molar-refractivity contribution >= 4 is 5.91 Å². The van der Waals surface area contributed by atoms with E-state index in [1.165, 1.54) is 37.3 Å². The minimum Gasteiger partial charge on any atom is -0.497 e. The molecule has 3 aliphatic rings. The van der Waals surface area contributed by atoms with Crippen molar-refractivity contribution in [2.24, 2.45) is 11.8 Å². The molecule has 0 spiro atoms. The Bertz CT molecular complexity index is 1000. The average molecular weight is 422 g/mol. The number of nitrogens with one attached hydrogen (secondary N) is 1. The fourth-order valence-electron chi connectivity index (χ4n) is 6.14. The van der Waals surface area contributed by atoms with Crippen LogP contribution in [0.5, 0.6) is 5.75 Å². The number of benzene rings is 1. The maximum atomic E-state index is 13.2. The average Bonchev–Trinajstić information content (AvgIpc) is 2.81. The topological polar surface area (TPSA) is 65.6 Å². The Hall–Kier alpha value is -2.60. The van der Waals surface area contributed by atoms with E-state index < -0.39 is 0 Å². The van der Waals surface area contributed by atoms with Crippen molar-refractivity contribution in [3.8, 4) is 5.75 Å². The van der Waals surface area contributed by atoms with Crippen molar-refractivity contribution in [2.45, 2.75) is 44.2 Å². The van der Waals surface area contributed by atoms with Gasteiger partial charge in [0.25, 0.3) is 5.91 Å². The Morgan fingerprint density at radius 3 is 2.81 bits per heavy atom. The maximum Gasteiger partial charge on any atom is 0.270 e. The standard InChI is InChI=1S/C25H31N3O3/c1-31-20-7-4-6-17(12-20)13-23-19-14-18(22-9-2-3-11-28(22)23)15-27(16-19)25(30)21-8-5-10-24(29)26-21/h4-8,10,12,18-19,22-23H,2-3,9,11,13-16H2,1H3,(H,26,29)/t18-,19+,22+,23+/m1/s1. The van der Waals surface area contributed by atoms with Gasteiger partial charge in [0.05, 0.1) is 7.11 Å². The van der Waals surface area contributed by atoms with E-state index in [-0.39, 0.29) is 11.5 Å². The second kappa shape index (κ2) is 8.50. The van der Waals surface area contributed by atoms with Crippen LogP contribution in [0.25, 0.3) is 0 Å². The number of pyridine rings is 1. The highest BCUT2D eigenvalue weighted by atomic mass is 16.5. The van der Waals surface area contributed by atoms with Crippen LogP contribution in [0.2, 0.25) is 0 Å². The summed E-state index contributed by atoms with van der Waals surface area (Å²) in [7, 11) is 1.71. The van der Waals surface area contributed by atoms with Gasteiger partial charge in [0.2, 0.25) is 5.56 Å². The van der Waals surface area contributed by atoms with E-state index in [0.29, 0.717) is 29.6 Å². The zero-order valence-corrected chi connectivity index (χ0v) is 18.1. The lowest BCUT2D eigenvalue weighted by Crippen LogP contribution is -2.64. The largest absolute Gasteiger partial charge is 0.497 e. The van der Waals surface area contributed by atoms with Crippen molar-refractivity contribution in [3.63, 3.8) is 0 Å². The van der Waals surface area contributed by atoms with Crippen molar-refractivity contribution in [3.05, 3.63) is 64.1 Å². The Labute approximate surface area is 183 Å². The van der Waals surface area contributed by atoms with Crippen LogP contribution in [0, 0.1) is 11.8 Å². The summed E-state index contributed by atoms with van der Waals surface area (Å²) in [5.41, 5.74) is 1.47. The fourth-order valence-corrected chi connectivity index (χ4v) is 6.14. The van der Waals surface area contributed by atoms with Crippen LogP contribution in [0.3, 0.4) is 0 Å². The van der Waals surface area contributed by atoms with Gasteiger partial charge in [0.15, 0.2) is 0 Å². The number of likely N-dealkylation sites (tertiary alicyclic amines) is 1. The van der Waals surface area contributed by atoms with Crippen LogP contribution in [-0.4, -0.2) is 59.5 Å². The van der Waals surface area contributed by atoms with Crippen LogP contribution in [0.15, 0.2) is 47.3 Å². The van der Waals surface area contributed by atoms with Gasteiger partial charge in [-0.1, -0.05) is 24.6 Å². The van der Waals surface area contributed by atoms with Crippen LogP contribution in [0.1, 0.15) is 41.7 Å². The molecule has 1 N–H and O–H groups in total. The monoisotopic (exact) mass is 421 g/mol. The minimum atomic E-state index is -0.225. The number of amides is 1. The van der Waals surface area contributed by atoms with Gasteiger partial charge in [-0.05, 0) is 67.8 Å². The summed E-state index contributed by atoms with van der Waals surface area (Å²) in [4.78, 5) is 32.4. The van der Waals surface area contributed by atoms with E-state index in [1.54, 1.807) is 19.2 Å². The van der Waals surface area contributed by atoms with E-state index >= 15 is 0 Å². The number of rotatable bonds is 4. The summed E-state index contributed by atoms with van der Waals surface area (Å²) >= 11 is 0. The van der Waals surface area contributed by atoms with Crippen molar-refractivity contribution in [1.82, 2.24) is 14.8 Å². The molecule has 3 fully saturated rings. The first kappa shape index (κ1) is 20.3. The number of carbonyl (C=O) groups is 1. The minimum absolute atomic E-state index is 0.0446. The van der Waals surface area contributed by atoms with Crippen LogP contribution in [0.4, 0.5) is 0 Å². The number of nitrogens with zero attached hydrogens (tertiary/aromatic N) is 2. The highest BCUT2D eigenvalue weighted by Gasteiger charge is 2.47. The van der Waals surface area contributed by atoms with E-state index in [1.807, 2.05) is 11.0 Å². The molecular formula is C25H31N3O3. The molecule has 6 nitrogen and oxygen atoms in total. The summed E-state index contributed by atoms with van der Waals surface area (Å²) < 4.78 is 5.44. The van der Waals surface area contributed by atoms with E-state index in [4.69, 9.17) is 4.74 Å². The second-order valence-electron chi connectivity index (χ2n) is 9.32. The molecule has 2 aromatic rings. The Balaban J connectivity index is 1.41. The van der Waals surface area contributed by atoms with E-state index in [0.717, 1.165) is 31.8 Å². The normalized spacial score (nSPS) is 28.1. The number of carbonyl (C=O) groups excluding carboxylic acids is 1. The van der Waals surface area contributed by atoms with E-state index in [9.17, 15) is 9.59 Å². The predicted molar refractivity (Wildman–Crippen MR) is 119 cm³/mol. The van der Waals surface area contributed by atoms with Gasteiger partial charge in [-0.3, -0.25) is 14.5 Å². The van der Waals surface area contributed by atoms with Gasteiger partial charge < -0.3 is 14.6 Å². The first-order valence-corrected chi connectivity index (χ1v) is 11.5. The molecule has 0 aliphatic carbocycles. The van der Waals surface area contributed by atoms with E-state index in [2.05, 4.69) is 28.1 Å². The highest BCUT2D eigenvalue weighted by molar-refractivity contribution is 5.92. The van der Waals surface area contributed by atoms with Gasteiger partial charge in [0.1, 0.15) is 11.4 Å². The number of ether oxygens (including phenoxy) is 1. The molecule has 1 amide bonds. The molecule has 1 aromatic heterocycles. The van der Waals surface area contributed by atoms with Gasteiger partial charge >= 0.3 is 0 Å². The Morgan fingerprint density at radius 2 is 1.97 bits per heavy atom. The number of methoxy groups -OCH3 is 1. The molecule has 4 heterocycles. The zero-order valence-electron chi connectivity index (χ0n) is 18.1.